The maximum Gasteiger partial charge on any atom is 0.119 e. The highest BCUT2D eigenvalue weighted by Crippen LogP contribution is 2.48. The summed E-state index contributed by atoms with van der Waals surface area (Å²) < 4.78 is 6.37. The lowest BCUT2D eigenvalue weighted by Crippen LogP contribution is -2.21. The fourth-order valence-corrected chi connectivity index (χ4v) is 3.72. The first-order valence-corrected chi connectivity index (χ1v) is 14.8. The molecule has 0 heterocycles. The number of aliphatic hydroxyl groups is 2. The van der Waals surface area contributed by atoms with Crippen LogP contribution in [0.5, 0.6) is 5.75 Å². The second kappa shape index (κ2) is 10.4. The molecule has 0 spiro atoms. The van der Waals surface area contributed by atoms with Crippen molar-refractivity contribution < 1.29 is 14.9 Å². The highest BCUT2D eigenvalue weighted by molar-refractivity contribution is 8.33. The summed E-state index contributed by atoms with van der Waals surface area (Å²) in [7, 11) is -0.340. The summed E-state index contributed by atoms with van der Waals surface area (Å²) in [6.07, 6.45) is 9.06. The van der Waals surface area contributed by atoms with E-state index in [-0.39, 0.29) is 16.1 Å². The Kier molecular flexibility index (Phi) is 8.76. The Hall–Kier alpha value is -1.49. The molecule has 186 valence electrons. The van der Waals surface area contributed by atoms with Crippen molar-refractivity contribution in [3.63, 3.8) is 0 Å². The average Bonchev–Trinajstić information content (AvgIpc) is 3.01. The van der Waals surface area contributed by atoms with E-state index >= 15 is 0 Å². The van der Waals surface area contributed by atoms with Crippen molar-refractivity contribution in [1.82, 2.24) is 0 Å². The summed E-state index contributed by atoms with van der Waals surface area (Å²) in [5, 5.41) is 20.0. The van der Waals surface area contributed by atoms with Gasteiger partial charge in [0.1, 0.15) is 5.75 Å². The van der Waals surface area contributed by atoms with E-state index in [0.29, 0.717) is 17.8 Å². The van der Waals surface area contributed by atoms with Crippen molar-refractivity contribution in [3.8, 4) is 16.9 Å². The lowest BCUT2D eigenvalue weighted by Gasteiger charge is -2.40. The van der Waals surface area contributed by atoms with Crippen LogP contribution in [0.2, 0.25) is 0 Å². The van der Waals surface area contributed by atoms with E-state index < -0.39 is 5.60 Å². The molecule has 0 aliphatic heterocycles. The molecule has 0 fully saturated rings. The lowest BCUT2D eigenvalue weighted by atomic mass is 9.90. The maximum absolute atomic E-state index is 10.2. The highest BCUT2D eigenvalue weighted by Gasteiger charge is 2.24. The summed E-state index contributed by atoms with van der Waals surface area (Å²) in [6, 6.07) is 10.4. The van der Waals surface area contributed by atoms with Gasteiger partial charge in [0.15, 0.2) is 0 Å². The van der Waals surface area contributed by atoms with E-state index in [4.69, 9.17) is 4.74 Å². The molecular formula is C29H46O3S. The maximum atomic E-state index is 10.2. The van der Waals surface area contributed by atoms with Crippen molar-refractivity contribution in [3.05, 3.63) is 52.6 Å². The molecule has 0 aromatic heterocycles. The predicted octanol–water partition coefficient (Wildman–Crippen LogP) is 6.97. The molecule has 0 radical (unpaired) electrons. The van der Waals surface area contributed by atoms with Crippen molar-refractivity contribution in [2.24, 2.45) is 0 Å². The summed E-state index contributed by atoms with van der Waals surface area (Å²) in [4.78, 5) is 0. The van der Waals surface area contributed by atoms with Gasteiger partial charge >= 0.3 is 0 Å². The van der Waals surface area contributed by atoms with Gasteiger partial charge in [0.05, 0.1) is 18.3 Å². The second-order valence-electron chi connectivity index (χ2n) is 11.7. The third kappa shape index (κ3) is 7.50. The Morgan fingerprint density at radius 2 is 1.55 bits per heavy atom. The van der Waals surface area contributed by atoms with Gasteiger partial charge in [0.2, 0.25) is 0 Å². The predicted molar refractivity (Wildman–Crippen MR) is 146 cm³/mol. The van der Waals surface area contributed by atoms with Crippen molar-refractivity contribution >= 4 is 10.0 Å². The molecule has 33 heavy (non-hydrogen) atoms. The average molecular weight is 475 g/mol. The number of fused-ring (bicyclic) bond motifs is 1. The second-order valence-corrected chi connectivity index (χ2v) is 16.6. The van der Waals surface area contributed by atoms with Crippen LogP contribution in [0.1, 0.15) is 75.8 Å². The molecule has 0 bridgehead atoms. The summed E-state index contributed by atoms with van der Waals surface area (Å²) in [5.41, 5.74) is 6.45. The fraction of sp³-hybridized carbons (Fsp3) is 0.586. The molecule has 3 nitrogen and oxygen atoms in total. The Balaban J connectivity index is 0.000000414. The van der Waals surface area contributed by atoms with Crippen LogP contribution in [0.25, 0.3) is 11.1 Å². The van der Waals surface area contributed by atoms with E-state index in [0.717, 1.165) is 24.2 Å². The van der Waals surface area contributed by atoms with Crippen molar-refractivity contribution in [2.45, 2.75) is 84.2 Å². The molecule has 0 saturated heterocycles. The highest BCUT2D eigenvalue weighted by atomic mass is 32.3. The fourth-order valence-electron chi connectivity index (χ4n) is 3.72. The number of hydrogen-bond donors (Lipinski definition) is 2. The zero-order valence-corrected chi connectivity index (χ0v) is 23.3. The number of ether oxygens (including phenoxy) is 1. The Morgan fingerprint density at radius 1 is 1.00 bits per heavy atom. The van der Waals surface area contributed by atoms with Crippen LogP contribution in [-0.2, 0) is 6.42 Å². The van der Waals surface area contributed by atoms with Gasteiger partial charge < -0.3 is 14.9 Å². The molecular weight excluding hydrogens is 428 g/mol. The molecule has 1 aliphatic rings. The third-order valence-electron chi connectivity index (χ3n) is 6.83. The molecule has 0 amide bonds. The summed E-state index contributed by atoms with van der Waals surface area (Å²) in [5.74, 6) is 0.843. The third-order valence-corrected chi connectivity index (χ3v) is 10.5. The van der Waals surface area contributed by atoms with Crippen LogP contribution in [-0.4, -0.2) is 45.9 Å². The Bertz CT molecular complexity index is 908. The van der Waals surface area contributed by atoms with Crippen LogP contribution in [0.3, 0.4) is 0 Å². The van der Waals surface area contributed by atoms with Gasteiger partial charge in [-0.2, -0.15) is 0 Å². The largest absolute Gasteiger partial charge is 0.493 e. The summed E-state index contributed by atoms with van der Waals surface area (Å²) >= 11 is 0. The molecule has 1 aliphatic carbocycles. The number of aryl methyl sites for hydroxylation is 2. The molecule has 1 atom stereocenters. The molecule has 2 aromatic carbocycles. The van der Waals surface area contributed by atoms with Crippen LogP contribution in [0.15, 0.2) is 30.3 Å². The molecule has 0 saturated carbocycles. The number of benzene rings is 2. The first-order chi connectivity index (χ1) is 15.0. The minimum atomic E-state index is -0.713. The normalized spacial score (nSPS) is 16.7. The quantitative estimate of drug-likeness (QED) is 0.492. The van der Waals surface area contributed by atoms with E-state index in [1.54, 1.807) is 13.8 Å². The lowest BCUT2D eigenvalue weighted by molar-refractivity contribution is 0.0553. The van der Waals surface area contributed by atoms with Crippen LogP contribution in [0.4, 0.5) is 0 Å². The topological polar surface area (TPSA) is 49.7 Å². The van der Waals surface area contributed by atoms with Gasteiger partial charge in [0, 0.05) is 6.42 Å². The first kappa shape index (κ1) is 27.8. The zero-order chi connectivity index (χ0) is 25.2. The first-order valence-electron chi connectivity index (χ1n) is 12.0. The minimum Gasteiger partial charge on any atom is -0.493 e. The van der Waals surface area contributed by atoms with Gasteiger partial charge in [-0.05, 0) is 110 Å². The molecule has 2 aromatic rings. The van der Waals surface area contributed by atoms with Crippen LogP contribution >= 0.6 is 10.0 Å². The number of hydrogen-bond acceptors (Lipinski definition) is 3. The zero-order valence-electron chi connectivity index (χ0n) is 22.5. The van der Waals surface area contributed by atoms with Gasteiger partial charge in [0.25, 0.3) is 0 Å². The smallest absolute Gasteiger partial charge is 0.119 e. The Morgan fingerprint density at radius 3 is 2.03 bits per heavy atom. The number of aliphatic hydroxyl groups excluding tert-OH is 1. The van der Waals surface area contributed by atoms with Gasteiger partial charge in [-0.3, -0.25) is 0 Å². The van der Waals surface area contributed by atoms with Gasteiger partial charge in [-0.25, -0.2) is 10.0 Å². The van der Waals surface area contributed by atoms with E-state index in [9.17, 15) is 10.2 Å². The standard InChI is InChI=1S/C22H28O3.C7H18S/c1-14-12-16(25-11-10-22(3,4)24)13-15(2)21(14)19-7-5-6-18-17(19)8-9-20(18)23;1-7(2,3)8(4,5)6/h5-7,12-13,20,23-24H,8-11H2,1-4H3;1-6H3. The van der Waals surface area contributed by atoms with E-state index in [2.05, 4.69) is 71.6 Å². The monoisotopic (exact) mass is 474 g/mol. The van der Waals surface area contributed by atoms with Crippen LogP contribution < -0.4 is 4.74 Å². The van der Waals surface area contributed by atoms with E-state index in [1.165, 1.54) is 27.8 Å². The summed E-state index contributed by atoms with van der Waals surface area (Å²) in [6.45, 7) is 15.2. The minimum absolute atomic E-state index is 0.333. The molecule has 4 heteroatoms. The Labute approximate surface area is 203 Å². The van der Waals surface area contributed by atoms with Crippen LogP contribution in [0, 0.1) is 13.8 Å². The number of rotatable bonds is 5. The van der Waals surface area contributed by atoms with Gasteiger partial charge in [-0.1, -0.05) is 39.0 Å². The molecule has 2 N–H and O–H groups in total. The molecule has 3 rings (SSSR count). The molecule has 1 unspecified atom stereocenters. The van der Waals surface area contributed by atoms with Crippen molar-refractivity contribution in [2.75, 3.05) is 25.4 Å². The van der Waals surface area contributed by atoms with Gasteiger partial charge in [-0.15, -0.1) is 0 Å². The van der Waals surface area contributed by atoms with Crippen molar-refractivity contribution in [1.29, 1.82) is 0 Å². The van der Waals surface area contributed by atoms with E-state index in [1.807, 2.05) is 12.1 Å². The SMILES string of the molecule is CC(C)(C)S(C)(C)C.Cc1cc(OCCC(C)(C)O)cc(C)c1-c1cccc2c1CCC2O.